The summed E-state index contributed by atoms with van der Waals surface area (Å²) in [7, 11) is 0. The molecule has 1 aromatic carbocycles. The molecule has 28 heavy (non-hydrogen) atoms. The largest absolute Gasteiger partial charge is 0.419 e. The number of fused-ring (bicyclic) bond motifs is 1. The second kappa shape index (κ2) is 6.36. The van der Waals surface area contributed by atoms with Gasteiger partial charge in [-0.2, -0.15) is 0 Å². The molecule has 0 saturated carbocycles. The van der Waals surface area contributed by atoms with Gasteiger partial charge in [0.25, 0.3) is 11.7 Å². The Morgan fingerprint density at radius 3 is 2.32 bits per heavy atom. The zero-order chi connectivity index (χ0) is 20.1. The van der Waals surface area contributed by atoms with E-state index in [0.29, 0.717) is 24.3 Å². The molecule has 3 aliphatic heterocycles. The number of nitrogens with zero attached hydrogens (tertiary/aromatic N) is 2. The van der Waals surface area contributed by atoms with Crippen LogP contribution in [-0.2, 0) is 23.9 Å². The number of cyclic esters (lactones) is 2. The molecule has 0 radical (unpaired) electrons. The minimum Gasteiger partial charge on any atom is -0.419 e. The van der Waals surface area contributed by atoms with Crippen LogP contribution in [-0.4, -0.2) is 47.2 Å². The Balaban J connectivity index is 1.47. The van der Waals surface area contributed by atoms with Gasteiger partial charge in [-0.25, -0.2) is 19.3 Å². The number of esters is 2. The lowest BCUT2D eigenvalue weighted by Gasteiger charge is -2.29. The number of amides is 3. The van der Waals surface area contributed by atoms with Crippen LogP contribution in [0.3, 0.4) is 0 Å². The lowest BCUT2D eigenvalue weighted by atomic mass is 10.2. The van der Waals surface area contributed by atoms with Crippen molar-refractivity contribution < 1.29 is 28.7 Å². The third-order valence-corrected chi connectivity index (χ3v) is 4.82. The quantitative estimate of drug-likeness (QED) is 0.366. The molecular weight excluding hydrogens is 366 g/mol. The van der Waals surface area contributed by atoms with E-state index >= 15 is 0 Å². The predicted molar refractivity (Wildman–Crippen MR) is 97.0 cm³/mol. The van der Waals surface area contributed by atoms with Gasteiger partial charge in [-0.1, -0.05) is 0 Å². The zero-order valence-electron chi connectivity index (χ0n) is 15.4. The summed E-state index contributed by atoms with van der Waals surface area (Å²) < 4.78 is 10.0. The zero-order valence-corrected chi connectivity index (χ0v) is 15.4. The third-order valence-electron chi connectivity index (χ3n) is 4.82. The summed E-state index contributed by atoms with van der Waals surface area (Å²) in [5.41, 5.74) is 0.774. The molecule has 1 aromatic rings. The Morgan fingerprint density at radius 2 is 1.71 bits per heavy atom. The van der Waals surface area contributed by atoms with Crippen molar-refractivity contribution in [2.24, 2.45) is 0 Å². The predicted octanol–water partition coefficient (Wildman–Crippen LogP) is 1.75. The molecule has 0 aromatic heterocycles. The first-order chi connectivity index (χ1) is 13.3. The fourth-order valence-electron chi connectivity index (χ4n) is 3.50. The highest BCUT2D eigenvalue weighted by molar-refractivity contribution is 6.21. The van der Waals surface area contributed by atoms with Gasteiger partial charge in [0, 0.05) is 32.3 Å². The molecule has 3 heterocycles. The third kappa shape index (κ3) is 2.98. The van der Waals surface area contributed by atoms with Crippen LogP contribution < -0.4 is 10.2 Å². The van der Waals surface area contributed by atoms with Gasteiger partial charge in [-0.05, 0) is 37.1 Å². The Hall–Kier alpha value is -3.36. The van der Waals surface area contributed by atoms with Crippen LogP contribution in [0.4, 0.5) is 16.2 Å². The maximum atomic E-state index is 12.5. The lowest BCUT2D eigenvalue weighted by Crippen LogP contribution is -2.42. The molecule has 3 fully saturated rings. The van der Waals surface area contributed by atoms with Crippen molar-refractivity contribution in [1.29, 1.82) is 0 Å². The molecule has 146 valence electrons. The molecule has 1 unspecified atom stereocenters. The highest BCUT2D eigenvalue weighted by Crippen LogP contribution is 2.32. The monoisotopic (exact) mass is 385 g/mol. The molecular formula is C19H19N3O6. The van der Waals surface area contributed by atoms with Gasteiger partial charge in [0.2, 0.25) is 0 Å². The SMILES string of the molecule is CC1(C)OC(=O)C(=CNc2ccc(N3C(=O)C4CCCN4C3=O)cc2)C(=O)O1. The number of hydrogen-bond acceptors (Lipinski definition) is 7. The van der Waals surface area contributed by atoms with E-state index in [1.54, 1.807) is 29.2 Å². The summed E-state index contributed by atoms with van der Waals surface area (Å²) in [6.07, 6.45) is 2.74. The Morgan fingerprint density at radius 1 is 1.07 bits per heavy atom. The summed E-state index contributed by atoms with van der Waals surface area (Å²) in [6.45, 7) is 3.54. The van der Waals surface area contributed by atoms with E-state index in [1.165, 1.54) is 24.9 Å². The van der Waals surface area contributed by atoms with Crippen molar-refractivity contribution in [3.63, 3.8) is 0 Å². The minimum atomic E-state index is -1.30. The van der Waals surface area contributed by atoms with E-state index < -0.39 is 17.7 Å². The number of carbonyl (C=O) groups is 4. The van der Waals surface area contributed by atoms with Crippen LogP contribution in [0.2, 0.25) is 0 Å². The number of urea groups is 1. The fourth-order valence-corrected chi connectivity index (χ4v) is 3.50. The van der Waals surface area contributed by atoms with Gasteiger partial charge in [0.05, 0.1) is 5.69 Å². The van der Waals surface area contributed by atoms with E-state index in [2.05, 4.69) is 5.32 Å². The van der Waals surface area contributed by atoms with Crippen molar-refractivity contribution in [3.8, 4) is 0 Å². The molecule has 0 bridgehead atoms. The molecule has 9 nitrogen and oxygen atoms in total. The number of anilines is 2. The number of benzene rings is 1. The fraction of sp³-hybridized carbons (Fsp3) is 0.368. The number of carbonyl (C=O) groups excluding carboxylic acids is 4. The average Bonchev–Trinajstić information content (AvgIpc) is 3.18. The van der Waals surface area contributed by atoms with Crippen molar-refractivity contribution in [2.75, 3.05) is 16.8 Å². The molecule has 4 rings (SSSR count). The first-order valence-corrected chi connectivity index (χ1v) is 8.95. The topological polar surface area (TPSA) is 105 Å². The van der Waals surface area contributed by atoms with Crippen molar-refractivity contribution in [2.45, 2.75) is 38.5 Å². The summed E-state index contributed by atoms with van der Waals surface area (Å²) in [6, 6.07) is 5.87. The minimum absolute atomic E-state index is 0.208. The number of imide groups is 1. The Kier molecular flexibility index (Phi) is 4.10. The van der Waals surface area contributed by atoms with Gasteiger partial charge >= 0.3 is 18.0 Å². The molecule has 1 N–H and O–H groups in total. The van der Waals surface area contributed by atoms with Crippen molar-refractivity contribution in [3.05, 3.63) is 36.0 Å². The van der Waals surface area contributed by atoms with Crippen LogP contribution >= 0.6 is 0 Å². The number of rotatable bonds is 3. The van der Waals surface area contributed by atoms with Gasteiger partial charge in [0.15, 0.2) is 5.57 Å². The second-order valence-corrected chi connectivity index (χ2v) is 7.24. The van der Waals surface area contributed by atoms with Crippen LogP contribution in [0.25, 0.3) is 0 Å². The normalized spacial score (nSPS) is 23.5. The molecule has 3 amide bonds. The first kappa shape index (κ1) is 18.0. The van der Waals surface area contributed by atoms with Crippen LogP contribution in [0, 0.1) is 0 Å². The number of nitrogens with one attached hydrogen (secondary N) is 1. The van der Waals surface area contributed by atoms with Crippen molar-refractivity contribution in [1.82, 2.24) is 4.90 Å². The molecule has 0 spiro atoms. The number of hydrogen-bond donors (Lipinski definition) is 1. The van der Waals surface area contributed by atoms with Gasteiger partial charge in [-0.15, -0.1) is 0 Å². The van der Waals surface area contributed by atoms with E-state index in [0.717, 1.165) is 6.42 Å². The van der Waals surface area contributed by atoms with E-state index in [4.69, 9.17) is 9.47 Å². The highest BCUT2D eigenvalue weighted by Gasteiger charge is 2.48. The van der Waals surface area contributed by atoms with Gasteiger partial charge < -0.3 is 19.7 Å². The highest BCUT2D eigenvalue weighted by atomic mass is 16.7. The van der Waals surface area contributed by atoms with E-state index in [-0.39, 0.29) is 23.6 Å². The number of ether oxygens (including phenoxy) is 2. The Labute approximate surface area is 160 Å². The van der Waals surface area contributed by atoms with Gasteiger partial charge in [-0.3, -0.25) is 4.79 Å². The smallest absolute Gasteiger partial charge is 0.350 e. The maximum absolute atomic E-state index is 12.5. The van der Waals surface area contributed by atoms with E-state index in [9.17, 15) is 19.2 Å². The molecule has 1 atom stereocenters. The molecule has 3 aliphatic rings. The van der Waals surface area contributed by atoms with Crippen LogP contribution in [0.15, 0.2) is 36.0 Å². The summed E-state index contributed by atoms with van der Waals surface area (Å²) >= 11 is 0. The maximum Gasteiger partial charge on any atom is 0.350 e. The average molecular weight is 385 g/mol. The molecule has 9 heteroatoms. The first-order valence-electron chi connectivity index (χ1n) is 8.95. The van der Waals surface area contributed by atoms with E-state index in [1.807, 2.05) is 0 Å². The lowest BCUT2D eigenvalue weighted by molar-refractivity contribution is -0.222. The molecule has 3 saturated heterocycles. The van der Waals surface area contributed by atoms with Crippen LogP contribution in [0.5, 0.6) is 0 Å². The van der Waals surface area contributed by atoms with Crippen molar-refractivity contribution >= 4 is 35.3 Å². The molecule has 0 aliphatic carbocycles. The Bertz CT molecular complexity index is 861. The summed E-state index contributed by atoms with van der Waals surface area (Å²) in [4.78, 5) is 51.5. The summed E-state index contributed by atoms with van der Waals surface area (Å²) in [5.74, 6) is -3.06. The standard InChI is InChI=1S/C19H19N3O6/c1-19(2)27-16(24)13(17(25)28-19)10-20-11-5-7-12(8-6-11)22-15(23)14-4-3-9-21(14)18(22)26/h5-8,10,14,20H,3-4,9H2,1-2H3. The van der Waals surface area contributed by atoms with Gasteiger partial charge in [0.1, 0.15) is 6.04 Å². The summed E-state index contributed by atoms with van der Waals surface area (Å²) in [5, 5.41) is 2.82. The second-order valence-electron chi connectivity index (χ2n) is 7.24. The van der Waals surface area contributed by atoms with Crippen LogP contribution in [0.1, 0.15) is 26.7 Å².